The van der Waals surface area contributed by atoms with E-state index in [2.05, 4.69) is 11.8 Å². The molecule has 2 atom stereocenters. The Labute approximate surface area is 96.5 Å². The van der Waals surface area contributed by atoms with E-state index in [0.717, 1.165) is 26.2 Å². The van der Waals surface area contributed by atoms with Crippen molar-refractivity contribution in [3.05, 3.63) is 0 Å². The number of hydrogen-bond acceptors (Lipinski definition) is 4. The molecule has 2 unspecified atom stereocenters. The van der Waals surface area contributed by atoms with E-state index in [1.165, 1.54) is 6.42 Å². The number of nitrogens with two attached hydrogens (primary N) is 1. The van der Waals surface area contributed by atoms with E-state index < -0.39 is 0 Å². The van der Waals surface area contributed by atoms with Gasteiger partial charge >= 0.3 is 6.09 Å². The van der Waals surface area contributed by atoms with Gasteiger partial charge in [-0.1, -0.05) is 6.92 Å². The van der Waals surface area contributed by atoms with Gasteiger partial charge in [-0.25, -0.2) is 4.79 Å². The Morgan fingerprint density at radius 1 is 1.56 bits per heavy atom. The van der Waals surface area contributed by atoms with Crippen LogP contribution in [0.15, 0.2) is 0 Å². The van der Waals surface area contributed by atoms with Crippen molar-refractivity contribution in [1.29, 1.82) is 0 Å². The molecule has 2 fully saturated rings. The number of carbonyl (C=O) groups excluding carboxylic acids is 1. The average Bonchev–Trinajstić information content (AvgIpc) is 2.88. The third kappa shape index (κ3) is 2.30. The van der Waals surface area contributed by atoms with Crippen molar-refractivity contribution in [2.45, 2.75) is 19.4 Å². The molecule has 2 aliphatic rings. The molecule has 1 amide bonds. The van der Waals surface area contributed by atoms with Crippen molar-refractivity contribution in [3.8, 4) is 0 Å². The summed E-state index contributed by atoms with van der Waals surface area (Å²) in [6.07, 6.45) is 0.986. The first-order valence-electron chi connectivity index (χ1n) is 6.10. The van der Waals surface area contributed by atoms with Crippen LogP contribution in [0.2, 0.25) is 0 Å². The van der Waals surface area contributed by atoms with Crippen LogP contribution in [-0.4, -0.2) is 61.3 Å². The van der Waals surface area contributed by atoms with Gasteiger partial charge in [0.2, 0.25) is 0 Å². The first-order valence-corrected chi connectivity index (χ1v) is 6.10. The van der Waals surface area contributed by atoms with Crippen LogP contribution in [-0.2, 0) is 4.74 Å². The third-order valence-electron chi connectivity index (χ3n) is 3.62. The first kappa shape index (κ1) is 11.7. The Bertz CT molecular complexity index is 260. The minimum absolute atomic E-state index is 0.0863. The van der Waals surface area contributed by atoms with Gasteiger partial charge in [0.05, 0.1) is 6.04 Å². The fraction of sp³-hybridized carbons (Fsp3) is 0.909. The number of amides is 1. The number of carbonyl (C=O) groups is 1. The molecule has 5 heteroatoms. The monoisotopic (exact) mass is 227 g/mol. The first-order chi connectivity index (χ1) is 7.74. The van der Waals surface area contributed by atoms with Gasteiger partial charge in [-0.05, 0) is 25.4 Å². The molecular weight excluding hydrogens is 206 g/mol. The second-order valence-corrected chi connectivity index (χ2v) is 4.67. The highest BCUT2D eigenvalue weighted by Crippen LogP contribution is 2.20. The summed E-state index contributed by atoms with van der Waals surface area (Å²) >= 11 is 0. The zero-order valence-corrected chi connectivity index (χ0v) is 9.89. The molecule has 2 heterocycles. The summed E-state index contributed by atoms with van der Waals surface area (Å²) in [5.74, 6) is 0.583. The Morgan fingerprint density at radius 2 is 2.38 bits per heavy atom. The van der Waals surface area contributed by atoms with Crippen molar-refractivity contribution < 1.29 is 9.53 Å². The van der Waals surface area contributed by atoms with Crippen LogP contribution in [0.5, 0.6) is 0 Å². The van der Waals surface area contributed by atoms with Crippen molar-refractivity contribution in [3.63, 3.8) is 0 Å². The van der Waals surface area contributed by atoms with Gasteiger partial charge in [0.15, 0.2) is 0 Å². The van der Waals surface area contributed by atoms with E-state index in [1.54, 1.807) is 0 Å². The second-order valence-electron chi connectivity index (χ2n) is 4.67. The van der Waals surface area contributed by atoms with Crippen molar-refractivity contribution >= 4 is 6.09 Å². The van der Waals surface area contributed by atoms with Crippen molar-refractivity contribution in [2.24, 2.45) is 11.7 Å². The largest absolute Gasteiger partial charge is 0.447 e. The van der Waals surface area contributed by atoms with E-state index >= 15 is 0 Å². The molecule has 0 radical (unpaired) electrons. The maximum Gasteiger partial charge on any atom is 0.410 e. The number of rotatable bonds is 4. The van der Waals surface area contributed by atoms with Crippen LogP contribution in [0.1, 0.15) is 13.3 Å². The quantitative estimate of drug-likeness (QED) is 0.740. The number of ether oxygens (including phenoxy) is 1. The zero-order chi connectivity index (χ0) is 11.5. The Balaban J connectivity index is 1.86. The molecule has 0 saturated carbocycles. The highest BCUT2D eigenvalue weighted by molar-refractivity contribution is 5.70. The van der Waals surface area contributed by atoms with Crippen molar-refractivity contribution in [2.75, 3.05) is 39.3 Å². The number of nitrogens with zero attached hydrogens (tertiary/aromatic N) is 2. The molecule has 2 N–H and O–H groups in total. The van der Waals surface area contributed by atoms with Gasteiger partial charge in [0.1, 0.15) is 6.61 Å². The topological polar surface area (TPSA) is 58.8 Å². The van der Waals surface area contributed by atoms with Gasteiger partial charge in [-0.15, -0.1) is 0 Å². The van der Waals surface area contributed by atoms with Crippen LogP contribution in [0.25, 0.3) is 0 Å². The number of cyclic esters (lactones) is 1. The minimum atomic E-state index is -0.189. The fourth-order valence-corrected chi connectivity index (χ4v) is 2.54. The molecule has 0 aliphatic carbocycles. The highest BCUT2D eigenvalue weighted by atomic mass is 16.6. The number of hydrogen-bond donors (Lipinski definition) is 1. The lowest BCUT2D eigenvalue weighted by Crippen LogP contribution is -2.42. The zero-order valence-electron chi connectivity index (χ0n) is 9.89. The predicted octanol–water partition coefficient (Wildman–Crippen LogP) is 0.108. The molecule has 0 aromatic carbocycles. The van der Waals surface area contributed by atoms with Crippen LogP contribution >= 0.6 is 0 Å². The molecule has 2 saturated heterocycles. The molecule has 2 aliphatic heterocycles. The lowest BCUT2D eigenvalue weighted by molar-refractivity contribution is 0.152. The van der Waals surface area contributed by atoms with Gasteiger partial charge in [-0.2, -0.15) is 0 Å². The van der Waals surface area contributed by atoms with Gasteiger partial charge in [0.25, 0.3) is 0 Å². The van der Waals surface area contributed by atoms with E-state index in [1.807, 2.05) is 4.90 Å². The number of likely N-dealkylation sites (tertiary alicyclic amines) is 1. The molecule has 5 nitrogen and oxygen atoms in total. The molecular formula is C11H21N3O2. The highest BCUT2D eigenvalue weighted by Gasteiger charge is 2.34. The molecule has 92 valence electrons. The molecule has 16 heavy (non-hydrogen) atoms. The summed E-state index contributed by atoms with van der Waals surface area (Å²) in [5.41, 5.74) is 5.63. The summed E-state index contributed by atoms with van der Waals surface area (Å²) in [6.45, 7) is 7.28. The van der Waals surface area contributed by atoms with E-state index in [9.17, 15) is 4.79 Å². The molecule has 2 rings (SSSR count). The van der Waals surface area contributed by atoms with Crippen LogP contribution in [0.3, 0.4) is 0 Å². The average molecular weight is 227 g/mol. The lowest BCUT2D eigenvalue weighted by Gasteiger charge is -2.23. The smallest absolute Gasteiger partial charge is 0.410 e. The summed E-state index contributed by atoms with van der Waals surface area (Å²) < 4.78 is 5.03. The molecule has 0 spiro atoms. The summed E-state index contributed by atoms with van der Waals surface area (Å²) in [6, 6.07) is 0.0863. The summed E-state index contributed by atoms with van der Waals surface area (Å²) in [5, 5.41) is 0. The Kier molecular flexibility index (Phi) is 3.66. The SMILES string of the molecule is CCN1CCC(CN2C(=O)OCC2CN)C1. The van der Waals surface area contributed by atoms with Crippen LogP contribution in [0, 0.1) is 5.92 Å². The third-order valence-corrected chi connectivity index (χ3v) is 3.62. The maximum atomic E-state index is 11.5. The Hall–Kier alpha value is -0.810. The van der Waals surface area contributed by atoms with Crippen molar-refractivity contribution in [1.82, 2.24) is 9.80 Å². The Morgan fingerprint density at radius 3 is 3.00 bits per heavy atom. The van der Waals surface area contributed by atoms with Crippen LogP contribution < -0.4 is 5.73 Å². The van der Waals surface area contributed by atoms with Gasteiger partial charge < -0.3 is 20.3 Å². The van der Waals surface area contributed by atoms with E-state index in [-0.39, 0.29) is 12.1 Å². The standard InChI is InChI=1S/C11H21N3O2/c1-2-13-4-3-9(6-13)7-14-10(5-12)8-16-11(14)15/h9-10H,2-8,12H2,1H3. The van der Waals surface area contributed by atoms with Crippen LogP contribution in [0.4, 0.5) is 4.79 Å². The summed E-state index contributed by atoms with van der Waals surface area (Å²) in [7, 11) is 0. The minimum Gasteiger partial charge on any atom is -0.447 e. The van der Waals surface area contributed by atoms with E-state index in [4.69, 9.17) is 10.5 Å². The second kappa shape index (κ2) is 5.01. The normalized spacial score (nSPS) is 31.1. The molecule has 0 aromatic heterocycles. The molecule has 0 aromatic rings. The predicted molar refractivity (Wildman–Crippen MR) is 61.1 cm³/mol. The summed E-state index contributed by atoms with van der Waals surface area (Å²) in [4.78, 5) is 15.7. The van der Waals surface area contributed by atoms with E-state index in [0.29, 0.717) is 19.1 Å². The van der Waals surface area contributed by atoms with Gasteiger partial charge in [-0.3, -0.25) is 0 Å². The lowest BCUT2D eigenvalue weighted by atomic mass is 10.1. The maximum absolute atomic E-state index is 11.5. The molecule has 0 bridgehead atoms. The fourth-order valence-electron chi connectivity index (χ4n) is 2.54. The van der Waals surface area contributed by atoms with Gasteiger partial charge in [0, 0.05) is 19.6 Å².